The van der Waals surface area contributed by atoms with Crippen LogP contribution in [0.2, 0.25) is 5.02 Å². The fourth-order valence-electron chi connectivity index (χ4n) is 1.24. The lowest BCUT2D eigenvalue weighted by Crippen LogP contribution is -2.18. The van der Waals surface area contributed by atoms with Gasteiger partial charge >= 0.3 is 0 Å². The van der Waals surface area contributed by atoms with Crippen LogP contribution in [0, 0.1) is 0 Å². The zero-order valence-corrected chi connectivity index (χ0v) is 10.7. The third-order valence-electron chi connectivity index (χ3n) is 1.95. The largest absolute Gasteiger partial charge is 0.492 e. The molecule has 17 heavy (non-hydrogen) atoms. The van der Waals surface area contributed by atoms with E-state index in [2.05, 4.69) is 5.32 Å². The number of halogens is 1. The molecule has 0 bridgehead atoms. The molecule has 1 rings (SSSR count). The van der Waals surface area contributed by atoms with E-state index in [-0.39, 0.29) is 12.5 Å². The number of anilines is 1. The number of benzene rings is 1. The van der Waals surface area contributed by atoms with Crippen LogP contribution in [0.15, 0.2) is 18.2 Å². The Hall–Kier alpha value is -1.26. The van der Waals surface area contributed by atoms with Crippen molar-refractivity contribution in [3.05, 3.63) is 23.2 Å². The van der Waals surface area contributed by atoms with Gasteiger partial charge in [0.05, 0.1) is 11.6 Å². The molecule has 5 heteroatoms. The molecule has 0 aromatic heterocycles. The van der Waals surface area contributed by atoms with Crippen molar-refractivity contribution in [1.29, 1.82) is 0 Å². The van der Waals surface area contributed by atoms with Gasteiger partial charge in [0.1, 0.15) is 12.4 Å². The van der Waals surface area contributed by atoms with Gasteiger partial charge in [-0.05, 0) is 32.0 Å². The maximum absolute atomic E-state index is 11.4. The zero-order chi connectivity index (χ0) is 12.7. The van der Waals surface area contributed by atoms with Gasteiger partial charge in [-0.3, -0.25) is 4.79 Å². The number of ether oxygens (including phenoxy) is 2. The van der Waals surface area contributed by atoms with Crippen molar-refractivity contribution in [2.45, 2.75) is 13.8 Å². The summed E-state index contributed by atoms with van der Waals surface area (Å²) in [7, 11) is 0. The van der Waals surface area contributed by atoms with E-state index in [1.807, 2.05) is 13.8 Å². The predicted molar refractivity (Wildman–Crippen MR) is 67.7 cm³/mol. The molecule has 0 radical (unpaired) electrons. The predicted octanol–water partition coefficient (Wildman–Crippen LogP) is 2.71. The van der Waals surface area contributed by atoms with Crippen molar-refractivity contribution in [1.82, 2.24) is 0 Å². The summed E-state index contributed by atoms with van der Waals surface area (Å²) in [5.41, 5.74) is 0.628. The van der Waals surface area contributed by atoms with Gasteiger partial charge in [0.2, 0.25) is 5.91 Å². The summed E-state index contributed by atoms with van der Waals surface area (Å²) >= 11 is 5.99. The van der Waals surface area contributed by atoms with Crippen molar-refractivity contribution < 1.29 is 14.3 Å². The molecule has 0 atom stereocenters. The molecule has 94 valence electrons. The summed E-state index contributed by atoms with van der Waals surface area (Å²) in [4.78, 5) is 11.4. The van der Waals surface area contributed by atoms with E-state index in [1.165, 1.54) is 0 Å². The third kappa shape index (κ3) is 4.63. The number of hydrogen-bond acceptors (Lipinski definition) is 3. The molecule has 0 fully saturated rings. The molecule has 0 saturated carbocycles. The molecule has 4 nitrogen and oxygen atoms in total. The highest BCUT2D eigenvalue weighted by atomic mass is 35.5. The molecule has 1 aromatic carbocycles. The van der Waals surface area contributed by atoms with Crippen molar-refractivity contribution in [3.63, 3.8) is 0 Å². The van der Waals surface area contributed by atoms with Gasteiger partial charge < -0.3 is 14.8 Å². The molecule has 0 saturated heterocycles. The molecule has 1 amide bonds. The Balaban J connectivity index is 2.60. The average molecular weight is 258 g/mol. The first-order valence-corrected chi connectivity index (χ1v) is 5.85. The Morgan fingerprint density at radius 3 is 2.71 bits per heavy atom. The van der Waals surface area contributed by atoms with Gasteiger partial charge in [0.25, 0.3) is 0 Å². The topological polar surface area (TPSA) is 47.6 Å². The Bertz CT molecular complexity index is 382. The van der Waals surface area contributed by atoms with Gasteiger partial charge in [0.15, 0.2) is 0 Å². The van der Waals surface area contributed by atoms with Crippen molar-refractivity contribution in [2.24, 2.45) is 0 Å². The van der Waals surface area contributed by atoms with Crippen LogP contribution in [0.5, 0.6) is 5.75 Å². The van der Waals surface area contributed by atoms with E-state index >= 15 is 0 Å². The lowest BCUT2D eigenvalue weighted by molar-refractivity contribution is -0.120. The Morgan fingerprint density at radius 1 is 1.35 bits per heavy atom. The lowest BCUT2D eigenvalue weighted by atomic mass is 10.3. The molecule has 0 aliphatic rings. The molecule has 0 spiro atoms. The summed E-state index contributed by atoms with van der Waals surface area (Å²) in [5.74, 6) is 0.407. The Kier molecular flexibility index (Phi) is 5.80. The second kappa shape index (κ2) is 7.14. The number of carbonyl (C=O) groups excluding carboxylic acids is 1. The van der Waals surface area contributed by atoms with Crippen LogP contribution in [0.4, 0.5) is 5.69 Å². The molecule has 0 unspecified atom stereocenters. The molecular formula is C12H16ClNO3. The highest BCUT2D eigenvalue weighted by molar-refractivity contribution is 6.32. The van der Waals surface area contributed by atoms with Crippen LogP contribution in [0.3, 0.4) is 0 Å². The Morgan fingerprint density at radius 2 is 2.12 bits per heavy atom. The summed E-state index contributed by atoms with van der Waals surface area (Å²) in [5, 5.41) is 3.16. The maximum atomic E-state index is 11.4. The first-order valence-electron chi connectivity index (χ1n) is 5.47. The van der Waals surface area contributed by atoms with E-state index in [0.717, 1.165) is 0 Å². The Labute approximate surface area is 106 Å². The zero-order valence-electron chi connectivity index (χ0n) is 9.96. The van der Waals surface area contributed by atoms with Gasteiger partial charge in [0, 0.05) is 12.3 Å². The number of carbonyl (C=O) groups is 1. The van der Waals surface area contributed by atoms with E-state index < -0.39 is 0 Å². The standard InChI is InChI=1S/C12H16ClNO3/c1-3-16-8-12(15)14-9-5-6-11(17-4-2)10(13)7-9/h5-7H,3-4,8H2,1-2H3,(H,14,15). The average Bonchev–Trinajstić information content (AvgIpc) is 2.30. The normalized spacial score (nSPS) is 10.1. The van der Waals surface area contributed by atoms with Crippen LogP contribution in [-0.4, -0.2) is 25.7 Å². The van der Waals surface area contributed by atoms with Gasteiger partial charge in [-0.1, -0.05) is 11.6 Å². The fraction of sp³-hybridized carbons (Fsp3) is 0.417. The molecule has 1 aromatic rings. The SMILES string of the molecule is CCOCC(=O)Nc1ccc(OCC)c(Cl)c1. The van der Waals surface area contributed by atoms with Crippen molar-refractivity contribution in [3.8, 4) is 5.75 Å². The summed E-state index contributed by atoms with van der Waals surface area (Å²) in [6, 6.07) is 5.11. The number of hydrogen-bond donors (Lipinski definition) is 1. The minimum Gasteiger partial charge on any atom is -0.492 e. The smallest absolute Gasteiger partial charge is 0.250 e. The molecule has 0 aliphatic carbocycles. The fourth-order valence-corrected chi connectivity index (χ4v) is 1.48. The minimum atomic E-state index is -0.202. The summed E-state index contributed by atoms with van der Waals surface area (Å²) in [6.45, 7) is 4.82. The quantitative estimate of drug-likeness (QED) is 0.852. The first kappa shape index (κ1) is 13.8. The van der Waals surface area contributed by atoms with E-state index in [1.54, 1.807) is 18.2 Å². The number of nitrogens with one attached hydrogen (secondary N) is 1. The van der Waals surface area contributed by atoms with Gasteiger partial charge in [-0.15, -0.1) is 0 Å². The van der Waals surface area contributed by atoms with Gasteiger partial charge in [-0.2, -0.15) is 0 Å². The summed E-state index contributed by atoms with van der Waals surface area (Å²) in [6.07, 6.45) is 0. The monoisotopic (exact) mass is 257 g/mol. The molecule has 0 heterocycles. The van der Waals surface area contributed by atoms with Crippen LogP contribution < -0.4 is 10.1 Å². The lowest BCUT2D eigenvalue weighted by Gasteiger charge is -2.09. The van der Waals surface area contributed by atoms with Crippen LogP contribution in [0.1, 0.15) is 13.8 Å². The molecular weight excluding hydrogens is 242 g/mol. The second-order valence-corrected chi connectivity index (χ2v) is 3.67. The van der Waals surface area contributed by atoms with Gasteiger partial charge in [-0.25, -0.2) is 0 Å². The van der Waals surface area contributed by atoms with E-state index in [0.29, 0.717) is 29.7 Å². The second-order valence-electron chi connectivity index (χ2n) is 3.26. The van der Waals surface area contributed by atoms with Crippen molar-refractivity contribution in [2.75, 3.05) is 25.1 Å². The minimum absolute atomic E-state index is 0.0430. The van der Waals surface area contributed by atoms with Crippen molar-refractivity contribution >= 4 is 23.2 Å². The van der Waals surface area contributed by atoms with E-state index in [9.17, 15) is 4.79 Å². The summed E-state index contributed by atoms with van der Waals surface area (Å²) < 4.78 is 10.3. The van der Waals surface area contributed by atoms with Crippen LogP contribution in [-0.2, 0) is 9.53 Å². The number of amides is 1. The number of rotatable bonds is 6. The maximum Gasteiger partial charge on any atom is 0.250 e. The van der Waals surface area contributed by atoms with E-state index in [4.69, 9.17) is 21.1 Å². The first-order chi connectivity index (χ1) is 8.17. The molecule has 1 N–H and O–H groups in total. The highest BCUT2D eigenvalue weighted by Crippen LogP contribution is 2.27. The van der Waals surface area contributed by atoms with Crippen LogP contribution >= 0.6 is 11.6 Å². The molecule has 0 aliphatic heterocycles. The third-order valence-corrected chi connectivity index (χ3v) is 2.25. The highest BCUT2D eigenvalue weighted by Gasteiger charge is 2.05. The van der Waals surface area contributed by atoms with Crippen LogP contribution in [0.25, 0.3) is 0 Å².